The number of carbonyl (C=O) groups excluding carboxylic acids is 2. The van der Waals surface area contributed by atoms with Crippen molar-refractivity contribution in [1.29, 1.82) is 0 Å². The van der Waals surface area contributed by atoms with E-state index < -0.39 is 5.91 Å². The Balaban J connectivity index is 1.56. The largest absolute Gasteiger partial charge is 0.270 e. The topological polar surface area (TPSA) is 84.0 Å². The molecule has 0 aliphatic carbocycles. The summed E-state index contributed by atoms with van der Waals surface area (Å²) >= 11 is 3.04. The normalized spacial score (nSPS) is 10.7. The summed E-state index contributed by atoms with van der Waals surface area (Å²) in [5.74, 6) is -0.776. The lowest BCUT2D eigenvalue weighted by Gasteiger charge is -2.11. The van der Waals surface area contributed by atoms with Crippen LogP contribution in [0.15, 0.2) is 70.8 Å². The van der Waals surface area contributed by atoms with E-state index in [0.29, 0.717) is 11.1 Å². The third kappa shape index (κ3) is 4.05. The van der Waals surface area contributed by atoms with Crippen molar-refractivity contribution in [2.45, 2.75) is 23.8 Å². The number of aromatic nitrogens is 2. The first-order valence-corrected chi connectivity index (χ1v) is 10.8. The molecule has 2 aromatic carbocycles. The lowest BCUT2D eigenvalue weighted by Crippen LogP contribution is -2.41. The van der Waals surface area contributed by atoms with Gasteiger partial charge in [0.05, 0.1) is 5.56 Å². The Morgan fingerprint density at radius 2 is 1.60 bits per heavy atom. The predicted octanol–water partition coefficient (Wildman–Crippen LogP) is 4.53. The van der Waals surface area contributed by atoms with Crippen LogP contribution in [0, 0.1) is 13.8 Å². The second-order valence-corrected chi connectivity index (χ2v) is 8.75. The molecular formula is C22H18N4O2S2. The highest BCUT2D eigenvalue weighted by atomic mass is 32.2. The summed E-state index contributed by atoms with van der Waals surface area (Å²) in [5, 5.41) is 1.81. The molecule has 150 valence electrons. The third-order valence-corrected chi connectivity index (χ3v) is 6.79. The minimum absolute atomic E-state index is 0.379. The molecule has 0 fully saturated rings. The van der Waals surface area contributed by atoms with Crippen LogP contribution in [-0.2, 0) is 0 Å². The van der Waals surface area contributed by atoms with E-state index in [1.54, 1.807) is 54.1 Å². The Morgan fingerprint density at radius 1 is 0.900 bits per heavy atom. The monoisotopic (exact) mass is 434 g/mol. The lowest BCUT2D eigenvalue weighted by atomic mass is 10.2. The van der Waals surface area contributed by atoms with Gasteiger partial charge in [-0.2, -0.15) is 0 Å². The zero-order valence-electron chi connectivity index (χ0n) is 16.3. The molecule has 8 heteroatoms. The van der Waals surface area contributed by atoms with Gasteiger partial charge in [-0.3, -0.25) is 20.4 Å². The maximum atomic E-state index is 12.8. The summed E-state index contributed by atoms with van der Waals surface area (Å²) in [4.78, 5) is 36.6. The maximum absolute atomic E-state index is 12.8. The molecule has 2 heterocycles. The fourth-order valence-electron chi connectivity index (χ4n) is 2.92. The van der Waals surface area contributed by atoms with Crippen LogP contribution in [0.1, 0.15) is 31.2 Å². The average Bonchev–Trinajstić information content (AvgIpc) is 3.07. The van der Waals surface area contributed by atoms with E-state index in [1.807, 2.05) is 18.2 Å². The highest BCUT2D eigenvalue weighted by molar-refractivity contribution is 7.99. The summed E-state index contributed by atoms with van der Waals surface area (Å²) in [7, 11) is 0. The number of benzene rings is 2. The molecule has 0 radical (unpaired) electrons. The van der Waals surface area contributed by atoms with Crippen LogP contribution >= 0.6 is 23.1 Å². The van der Waals surface area contributed by atoms with E-state index in [-0.39, 0.29) is 5.91 Å². The number of nitrogens with zero attached hydrogens (tertiary/aromatic N) is 2. The van der Waals surface area contributed by atoms with E-state index in [0.717, 1.165) is 25.7 Å². The van der Waals surface area contributed by atoms with Crippen LogP contribution in [0.3, 0.4) is 0 Å². The number of hydrazine groups is 1. The Kier molecular flexibility index (Phi) is 5.78. The molecule has 0 aliphatic heterocycles. The molecular weight excluding hydrogens is 416 g/mol. The standard InChI is InChI=1S/C22H18N4O2S2/c1-13-14(2)29-21-18(13)22(24-12-23-21)30-17-11-7-6-10-16(17)20(28)26-25-19(27)15-8-4-3-5-9-15/h3-12H,1-2H3,(H,25,27)(H,26,28). The van der Waals surface area contributed by atoms with Crippen LogP contribution in [0.25, 0.3) is 10.2 Å². The summed E-state index contributed by atoms with van der Waals surface area (Å²) in [6.07, 6.45) is 1.54. The molecule has 0 unspecified atom stereocenters. The summed E-state index contributed by atoms with van der Waals surface area (Å²) in [5.41, 5.74) is 7.02. The van der Waals surface area contributed by atoms with Crippen molar-refractivity contribution in [3.8, 4) is 0 Å². The number of nitrogens with one attached hydrogen (secondary N) is 2. The second kappa shape index (κ2) is 8.64. The van der Waals surface area contributed by atoms with E-state index in [4.69, 9.17) is 0 Å². The van der Waals surface area contributed by atoms with Gasteiger partial charge in [0.2, 0.25) is 0 Å². The minimum Gasteiger partial charge on any atom is -0.267 e. The molecule has 0 atom stereocenters. The number of fused-ring (bicyclic) bond motifs is 1. The first kappa shape index (κ1) is 20.1. The third-order valence-electron chi connectivity index (χ3n) is 4.59. The number of hydrogen-bond donors (Lipinski definition) is 2. The fraction of sp³-hybridized carbons (Fsp3) is 0.0909. The molecule has 0 saturated carbocycles. The van der Waals surface area contributed by atoms with Crippen molar-refractivity contribution < 1.29 is 9.59 Å². The van der Waals surface area contributed by atoms with Crippen molar-refractivity contribution in [2.75, 3.05) is 0 Å². The van der Waals surface area contributed by atoms with E-state index >= 15 is 0 Å². The molecule has 30 heavy (non-hydrogen) atoms. The Bertz CT molecular complexity index is 1240. The summed E-state index contributed by atoms with van der Waals surface area (Å²) in [6.45, 7) is 4.12. The summed E-state index contributed by atoms with van der Waals surface area (Å²) < 4.78 is 0. The highest BCUT2D eigenvalue weighted by Crippen LogP contribution is 2.38. The van der Waals surface area contributed by atoms with Gasteiger partial charge in [0.25, 0.3) is 11.8 Å². The molecule has 0 saturated heterocycles. The van der Waals surface area contributed by atoms with Crippen molar-refractivity contribution in [2.24, 2.45) is 0 Å². The number of rotatable bonds is 4. The smallest absolute Gasteiger partial charge is 0.267 e. The molecule has 2 N–H and O–H groups in total. The molecule has 6 nitrogen and oxygen atoms in total. The van der Waals surface area contributed by atoms with Gasteiger partial charge in [-0.05, 0) is 43.7 Å². The molecule has 0 spiro atoms. The Morgan fingerprint density at radius 3 is 2.40 bits per heavy atom. The first-order valence-electron chi connectivity index (χ1n) is 9.18. The number of carbonyl (C=O) groups is 2. The number of amides is 2. The molecule has 4 rings (SSSR count). The molecule has 0 bridgehead atoms. The maximum Gasteiger partial charge on any atom is 0.270 e. The van der Waals surface area contributed by atoms with Crippen molar-refractivity contribution in [3.05, 3.63) is 82.5 Å². The average molecular weight is 435 g/mol. The fourth-order valence-corrected chi connectivity index (χ4v) is 5.06. The van der Waals surface area contributed by atoms with Crippen molar-refractivity contribution in [3.63, 3.8) is 0 Å². The van der Waals surface area contributed by atoms with Gasteiger partial charge < -0.3 is 0 Å². The van der Waals surface area contributed by atoms with Gasteiger partial charge >= 0.3 is 0 Å². The van der Waals surface area contributed by atoms with E-state index in [1.165, 1.54) is 16.6 Å². The van der Waals surface area contributed by atoms with Crippen LogP contribution in [-0.4, -0.2) is 21.8 Å². The molecule has 2 aromatic heterocycles. The van der Waals surface area contributed by atoms with Crippen LogP contribution in [0.4, 0.5) is 0 Å². The van der Waals surface area contributed by atoms with Gasteiger partial charge in [0.15, 0.2) is 0 Å². The Labute approximate surface area is 181 Å². The van der Waals surface area contributed by atoms with Gasteiger partial charge in [0.1, 0.15) is 16.2 Å². The van der Waals surface area contributed by atoms with Crippen LogP contribution in [0.5, 0.6) is 0 Å². The van der Waals surface area contributed by atoms with Crippen molar-refractivity contribution >= 4 is 45.1 Å². The zero-order valence-corrected chi connectivity index (χ0v) is 17.9. The first-order chi connectivity index (χ1) is 14.5. The highest BCUT2D eigenvalue weighted by Gasteiger charge is 2.17. The van der Waals surface area contributed by atoms with Gasteiger partial charge in [-0.15, -0.1) is 11.3 Å². The second-order valence-electron chi connectivity index (χ2n) is 6.51. The van der Waals surface area contributed by atoms with Gasteiger partial charge in [-0.25, -0.2) is 9.97 Å². The van der Waals surface area contributed by atoms with Gasteiger partial charge in [0, 0.05) is 20.7 Å². The molecule has 4 aromatic rings. The van der Waals surface area contributed by atoms with E-state index in [2.05, 4.69) is 34.7 Å². The van der Waals surface area contributed by atoms with Crippen LogP contribution < -0.4 is 10.9 Å². The quantitative estimate of drug-likeness (QED) is 0.364. The van der Waals surface area contributed by atoms with Crippen LogP contribution in [0.2, 0.25) is 0 Å². The number of hydrogen-bond acceptors (Lipinski definition) is 6. The van der Waals surface area contributed by atoms with Crippen molar-refractivity contribution in [1.82, 2.24) is 20.8 Å². The lowest BCUT2D eigenvalue weighted by molar-refractivity contribution is 0.0845. The van der Waals surface area contributed by atoms with E-state index in [9.17, 15) is 9.59 Å². The number of thiophene rings is 1. The van der Waals surface area contributed by atoms with Gasteiger partial charge in [-0.1, -0.05) is 42.1 Å². The molecule has 2 amide bonds. The predicted molar refractivity (Wildman–Crippen MR) is 119 cm³/mol. The zero-order chi connectivity index (χ0) is 21.1. The summed E-state index contributed by atoms with van der Waals surface area (Å²) in [6, 6.07) is 15.9. The minimum atomic E-state index is -0.397. The number of aryl methyl sites for hydroxylation is 2. The Hall–Kier alpha value is -3.23. The molecule has 0 aliphatic rings. The SMILES string of the molecule is Cc1sc2ncnc(Sc3ccccc3C(=O)NNC(=O)c3ccccc3)c2c1C.